The van der Waals surface area contributed by atoms with Gasteiger partial charge in [-0.1, -0.05) is 42.1 Å². The van der Waals surface area contributed by atoms with Gasteiger partial charge in [0.05, 0.1) is 24.3 Å². The summed E-state index contributed by atoms with van der Waals surface area (Å²) in [6.07, 6.45) is 6.47. The first-order valence-corrected chi connectivity index (χ1v) is 13.4. The molecule has 2 aliphatic rings. The Balaban J connectivity index is 1.31. The summed E-state index contributed by atoms with van der Waals surface area (Å²) in [6.45, 7) is 1.51. The number of nitrogens with zero attached hydrogens (tertiary/aromatic N) is 2. The molecule has 2 aromatic heterocycles. The van der Waals surface area contributed by atoms with Crippen molar-refractivity contribution in [1.82, 2.24) is 14.9 Å². The van der Waals surface area contributed by atoms with Gasteiger partial charge in [0, 0.05) is 23.9 Å². The Bertz CT molecular complexity index is 1220. The van der Waals surface area contributed by atoms with Crippen LogP contribution in [0.25, 0.3) is 10.2 Å². The minimum atomic E-state index is -0.0275. The quantitative estimate of drug-likeness (QED) is 0.369. The predicted octanol–water partition coefficient (Wildman–Crippen LogP) is 3.92. The third-order valence-electron chi connectivity index (χ3n) is 6.75. The summed E-state index contributed by atoms with van der Waals surface area (Å²) in [7, 11) is 1.63. The first kappa shape index (κ1) is 22.6. The third-order valence-corrected chi connectivity index (χ3v) is 8.92. The second-order valence-corrected chi connectivity index (χ2v) is 11.0. The molecule has 1 saturated carbocycles. The van der Waals surface area contributed by atoms with Crippen LogP contribution in [0.4, 0.5) is 0 Å². The Morgan fingerprint density at radius 3 is 2.79 bits per heavy atom. The number of ether oxygens (including phenoxy) is 1. The molecule has 1 N–H and O–H groups in total. The third kappa shape index (κ3) is 4.61. The van der Waals surface area contributed by atoms with Gasteiger partial charge in [-0.15, -0.1) is 11.3 Å². The van der Waals surface area contributed by atoms with Crippen molar-refractivity contribution in [3.05, 3.63) is 56.7 Å². The van der Waals surface area contributed by atoms with E-state index in [0.717, 1.165) is 42.3 Å². The van der Waals surface area contributed by atoms with E-state index in [4.69, 9.17) is 9.72 Å². The second-order valence-electron chi connectivity index (χ2n) is 8.95. The first-order chi connectivity index (χ1) is 16.1. The van der Waals surface area contributed by atoms with E-state index < -0.39 is 0 Å². The van der Waals surface area contributed by atoms with Crippen molar-refractivity contribution in [2.24, 2.45) is 0 Å². The van der Waals surface area contributed by atoms with Gasteiger partial charge in [-0.3, -0.25) is 14.2 Å². The number of amides is 1. The predicted molar refractivity (Wildman–Crippen MR) is 133 cm³/mol. The number of hydrogen-bond acceptors (Lipinski definition) is 6. The Morgan fingerprint density at radius 1 is 1.24 bits per heavy atom. The molecule has 0 saturated heterocycles. The van der Waals surface area contributed by atoms with Crippen molar-refractivity contribution in [1.29, 1.82) is 0 Å². The van der Waals surface area contributed by atoms with E-state index in [9.17, 15) is 9.59 Å². The maximum atomic E-state index is 13.4. The Kier molecular flexibility index (Phi) is 6.58. The van der Waals surface area contributed by atoms with Crippen LogP contribution in [-0.2, 0) is 34.3 Å². The van der Waals surface area contributed by atoms with E-state index in [0.29, 0.717) is 24.9 Å². The van der Waals surface area contributed by atoms with Crippen LogP contribution in [0.3, 0.4) is 0 Å². The van der Waals surface area contributed by atoms with Crippen LogP contribution in [0.5, 0.6) is 0 Å². The zero-order valence-corrected chi connectivity index (χ0v) is 20.5. The molecule has 5 rings (SSSR count). The number of aromatic nitrogens is 2. The molecule has 1 aromatic carbocycles. The molecule has 1 fully saturated rings. The minimum absolute atomic E-state index is 0.000342. The molecular formula is C25H29N3O3S2. The summed E-state index contributed by atoms with van der Waals surface area (Å²) in [5, 5.41) is 4.49. The maximum Gasteiger partial charge on any atom is 0.263 e. The number of fused-ring (bicyclic) bond motifs is 3. The molecule has 1 amide bonds. The lowest BCUT2D eigenvalue weighted by molar-refractivity contribution is -0.118. The Morgan fingerprint density at radius 2 is 2.03 bits per heavy atom. The van der Waals surface area contributed by atoms with E-state index in [1.54, 1.807) is 23.0 Å². The maximum absolute atomic E-state index is 13.4. The molecule has 174 valence electrons. The number of thioether (sulfide) groups is 1. The summed E-state index contributed by atoms with van der Waals surface area (Å²) in [5.41, 5.74) is 2.56. The molecule has 2 heterocycles. The molecule has 2 aliphatic carbocycles. The van der Waals surface area contributed by atoms with Crippen LogP contribution in [0.1, 0.15) is 41.7 Å². The molecule has 6 nitrogen and oxygen atoms in total. The molecule has 0 aliphatic heterocycles. The molecular weight excluding hydrogens is 454 g/mol. The molecule has 0 bridgehead atoms. The first-order valence-electron chi connectivity index (χ1n) is 11.6. The fourth-order valence-electron chi connectivity index (χ4n) is 4.67. The molecule has 8 heteroatoms. The van der Waals surface area contributed by atoms with Gasteiger partial charge < -0.3 is 10.1 Å². The number of aryl methyl sites for hydroxylation is 2. The summed E-state index contributed by atoms with van der Waals surface area (Å²) in [4.78, 5) is 33.1. The van der Waals surface area contributed by atoms with Crippen molar-refractivity contribution in [3.8, 4) is 0 Å². The smallest absolute Gasteiger partial charge is 0.263 e. The van der Waals surface area contributed by atoms with Gasteiger partial charge in [0.15, 0.2) is 5.16 Å². The average molecular weight is 484 g/mol. The number of benzene rings is 1. The largest absolute Gasteiger partial charge is 0.383 e. The van der Waals surface area contributed by atoms with Crippen molar-refractivity contribution < 1.29 is 9.53 Å². The highest BCUT2D eigenvalue weighted by Gasteiger charge is 2.44. The summed E-state index contributed by atoms with van der Waals surface area (Å²) < 4.78 is 6.93. The second kappa shape index (κ2) is 9.60. The fraction of sp³-hybridized carbons (Fsp3) is 0.480. The molecule has 0 atom stereocenters. The van der Waals surface area contributed by atoms with Gasteiger partial charge in [-0.2, -0.15) is 0 Å². The number of hydrogen-bond donors (Lipinski definition) is 1. The normalized spacial score (nSPS) is 16.5. The monoisotopic (exact) mass is 483 g/mol. The number of rotatable bonds is 9. The molecule has 0 radical (unpaired) electrons. The van der Waals surface area contributed by atoms with Gasteiger partial charge in [0.25, 0.3) is 5.56 Å². The van der Waals surface area contributed by atoms with Crippen LogP contribution >= 0.6 is 23.1 Å². The summed E-state index contributed by atoms with van der Waals surface area (Å²) >= 11 is 2.98. The van der Waals surface area contributed by atoms with Crippen molar-refractivity contribution >= 4 is 39.2 Å². The standard InChI is InChI=1S/C25H29N3O3S2/c1-31-14-13-28-23(30)21-18-9-5-6-10-19(18)33-22(21)27-24(28)32-15-20(29)26-16-25(11-12-25)17-7-3-2-4-8-17/h2-4,7-8H,5-6,9-16H2,1H3,(H,26,29). The van der Waals surface area contributed by atoms with Crippen LogP contribution in [-0.4, -0.2) is 41.5 Å². The molecule has 0 spiro atoms. The van der Waals surface area contributed by atoms with Crippen molar-refractivity contribution in [2.75, 3.05) is 26.0 Å². The van der Waals surface area contributed by atoms with E-state index in [1.807, 2.05) is 6.07 Å². The Labute approximate surface area is 201 Å². The van der Waals surface area contributed by atoms with Gasteiger partial charge in [-0.25, -0.2) is 4.98 Å². The van der Waals surface area contributed by atoms with Crippen LogP contribution in [0.2, 0.25) is 0 Å². The van der Waals surface area contributed by atoms with Gasteiger partial charge in [0.1, 0.15) is 4.83 Å². The molecule has 3 aromatic rings. The number of thiophene rings is 1. The zero-order chi connectivity index (χ0) is 22.8. The zero-order valence-electron chi connectivity index (χ0n) is 18.9. The number of methoxy groups -OCH3 is 1. The number of nitrogens with one attached hydrogen (secondary N) is 1. The summed E-state index contributed by atoms with van der Waals surface area (Å²) in [6, 6.07) is 10.4. The van der Waals surface area contributed by atoms with Crippen molar-refractivity contribution in [3.63, 3.8) is 0 Å². The highest BCUT2D eigenvalue weighted by molar-refractivity contribution is 7.99. The Hall–Kier alpha value is -2.16. The lowest BCUT2D eigenvalue weighted by atomic mass is 9.96. The number of carbonyl (C=O) groups excluding carboxylic acids is 1. The van der Waals surface area contributed by atoms with E-state index in [2.05, 4.69) is 29.6 Å². The van der Waals surface area contributed by atoms with Gasteiger partial charge >= 0.3 is 0 Å². The molecule has 0 unspecified atom stereocenters. The van der Waals surface area contributed by atoms with E-state index in [1.165, 1.54) is 34.2 Å². The number of carbonyl (C=O) groups is 1. The van der Waals surface area contributed by atoms with Crippen molar-refractivity contribution in [2.45, 2.75) is 55.6 Å². The minimum Gasteiger partial charge on any atom is -0.383 e. The average Bonchev–Trinajstić information content (AvgIpc) is 3.54. The van der Waals surface area contributed by atoms with E-state index >= 15 is 0 Å². The van der Waals surface area contributed by atoms with Crippen LogP contribution in [0, 0.1) is 0 Å². The van der Waals surface area contributed by atoms with E-state index in [-0.39, 0.29) is 22.6 Å². The van der Waals surface area contributed by atoms with Gasteiger partial charge in [-0.05, 0) is 49.7 Å². The molecule has 33 heavy (non-hydrogen) atoms. The van der Waals surface area contributed by atoms with Crippen LogP contribution in [0.15, 0.2) is 40.3 Å². The van der Waals surface area contributed by atoms with Crippen LogP contribution < -0.4 is 10.9 Å². The SMILES string of the molecule is COCCn1c(SCC(=O)NCC2(c3ccccc3)CC2)nc2sc3c(c2c1=O)CCCC3. The highest BCUT2D eigenvalue weighted by Crippen LogP contribution is 2.47. The van der Waals surface area contributed by atoms with Gasteiger partial charge in [0.2, 0.25) is 5.91 Å². The fourth-order valence-corrected chi connectivity index (χ4v) is 6.83. The lowest BCUT2D eigenvalue weighted by Gasteiger charge is -2.17. The lowest BCUT2D eigenvalue weighted by Crippen LogP contribution is -2.33. The topological polar surface area (TPSA) is 73.2 Å². The highest BCUT2D eigenvalue weighted by atomic mass is 32.2. The summed E-state index contributed by atoms with van der Waals surface area (Å²) in [5.74, 6) is 0.210.